The van der Waals surface area contributed by atoms with Crippen LogP contribution in [-0.4, -0.2) is 34.5 Å². The van der Waals surface area contributed by atoms with Crippen LogP contribution in [0.4, 0.5) is 0 Å². The molecule has 22 heavy (non-hydrogen) atoms. The zero-order chi connectivity index (χ0) is 15.4. The summed E-state index contributed by atoms with van der Waals surface area (Å²) in [6.07, 6.45) is 9.36. The van der Waals surface area contributed by atoms with Gasteiger partial charge in [0.1, 0.15) is 12.4 Å². The zero-order valence-corrected chi connectivity index (χ0v) is 14.1. The van der Waals surface area contributed by atoms with Crippen LogP contribution in [0.3, 0.4) is 0 Å². The highest BCUT2D eigenvalue weighted by Crippen LogP contribution is 2.29. The molecule has 124 valence electrons. The number of aromatic nitrogens is 3. The molecule has 2 atom stereocenters. The first-order valence-electron chi connectivity index (χ1n) is 8.91. The second-order valence-corrected chi connectivity index (χ2v) is 7.08. The number of hydrogen-bond acceptors (Lipinski definition) is 4. The monoisotopic (exact) mass is 306 g/mol. The van der Waals surface area contributed by atoms with E-state index in [1.54, 1.807) is 7.11 Å². The molecule has 0 spiro atoms. The Kier molecular flexibility index (Phi) is 5.47. The van der Waals surface area contributed by atoms with Crippen LogP contribution in [-0.2, 0) is 24.3 Å². The van der Waals surface area contributed by atoms with Gasteiger partial charge in [-0.05, 0) is 24.8 Å². The third-order valence-corrected chi connectivity index (χ3v) is 5.36. The van der Waals surface area contributed by atoms with Crippen LogP contribution in [0.1, 0.15) is 57.1 Å². The van der Waals surface area contributed by atoms with E-state index in [1.807, 2.05) is 0 Å². The average molecular weight is 306 g/mol. The molecule has 0 saturated heterocycles. The SMILES string of the molecule is COCc1nc2n(n1)C[C@@H](NC[C@@H](C)C1CCCCC1)CC2. The molecule has 0 bridgehead atoms. The number of nitrogens with one attached hydrogen (secondary N) is 1. The number of rotatable bonds is 6. The molecule has 1 aliphatic carbocycles. The fraction of sp³-hybridized carbons (Fsp3) is 0.882. The van der Waals surface area contributed by atoms with E-state index in [4.69, 9.17) is 4.74 Å². The predicted octanol–water partition coefficient (Wildman–Crippen LogP) is 2.55. The normalized spacial score (nSPS) is 24.2. The van der Waals surface area contributed by atoms with Crippen molar-refractivity contribution in [3.63, 3.8) is 0 Å². The van der Waals surface area contributed by atoms with Crippen molar-refractivity contribution in [3.8, 4) is 0 Å². The van der Waals surface area contributed by atoms with Crippen molar-refractivity contribution in [2.45, 2.75) is 71.1 Å². The molecule has 2 heterocycles. The first-order valence-corrected chi connectivity index (χ1v) is 8.91. The Morgan fingerprint density at radius 2 is 2.09 bits per heavy atom. The summed E-state index contributed by atoms with van der Waals surface area (Å²) in [6, 6.07) is 0.538. The predicted molar refractivity (Wildman–Crippen MR) is 86.6 cm³/mol. The molecule has 1 aliphatic heterocycles. The summed E-state index contributed by atoms with van der Waals surface area (Å²) < 4.78 is 7.19. The summed E-state index contributed by atoms with van der Waals surface area (Å²) in [6.45, 7) is 5.02. The zero-order valence-electron chi connectivity index (χ0n) is 14.1. The molecule has 1 saturated carbocycles. The van der Waals surface area contributed by atoms with E-state index in [1.165, 1.54) is 38.5 Å². The minimum atomic E-state index is 0.511. The third-order valence-electron chi connectivity index (χ3n) is 5.36. The van der Waals surface area contributed by atoms with Gasteiger partial charge in [0.2, 0.25) is 0 Å². The van der Waals surface area contributed by atoms with Gasteiger partial charge in [0.15, 0.2) is 5.82 Å². The lowest BCUT2D eigenvalue weighted by Gasteiger charge is -2.30. The molecule has 0 unspecified atom stereocenters. The first-order chi connectivity index (χ1) is 10.8. The summed E-state index contributed by atoms with van der Waals surface area (Å²) >= 11 is 0. The van der Waals surface area contributed by atoms with Gasteiger partial charge in [-0.2, -0.15) is 5.10 Å². The molecule has 0 aromatic carbocycles. The number of methoxy groups -OCH3 is 1. The van der Waals surface area contributed by atoms with E-state index >= 15 is 0 Å². The maximum Gasteiger partial charge on any atom is 0.176 e. The number of ether oxygens (including phenoxy) is 1. The van der Waals surface area contributed by atoms with Gasteiger partial charge in [0.25, 0.3) is 0 Å². The standard InChI is InChI=1S/C17H30N4O/c1-13(14-6-4-3-5-7-14)10-18-15-8-9-17-19-16(12-22-2)20-21(17)11-15/h13-15,18H,3-12H2,1-2H3/t13-,15+/m1/s1. The van der Waals surface area contributed by atoms with Crippen molar-refractivity contribution < 1.29 is 4.74 Å². The second-order valence-electron chi connectivity index (χ2n) is 7.08. The largest absolute Gasteiger partial charge is 0.377 e. The van der Waals surface area contributed by atoms with Crippen molar-refractivity contribution in [2.24, 2.45) is 11.8 Å². The van der Waals surface area contributed by atoms with Crippen LogP contribution in [0.25, 0.3) is 0 Å². The quantitative estimate of drug-likeness (QED) is 0.877. The Labute approximate surface area is 133 Å². The van der Waals surface area contributed by atoms with Gasteiger partial charge in [-0.1, -0.05) is 39.0 Å². The van der Waals surface area contributed by atoms with Crippen LogP contribution >= 0.6 is 0 Å². The van der Waals surface area contributed by atoms with Crippen LogP contribution in [0.5, 0.6) is 0 Å². The Bertz CT molecular complexity index is 467. The van der Waals surface area contributed by atoms with Crippen molar-refractivity contribution in [1.29, 1.82) is 0 Å². The Hall–Kier alpha value is -0.940. The summed E-state index contributed by atoms with van der Waals surface area (Å²) in [5.41, 5.74) is 0. The van der Waals surface area contributed by atoms with Crippen LogP contribution in [0, 0.1) is 11.8 Å². The number of aryl methyl sites for hydroxylation is 1. The van der Waals surface area contributed by atoms with Gasteiger partial charge < -0.3 is 10.1 Å². The average Bonchev–Trinajstić information content (AvgIpc) is 2.95. The maximum atomic E-state index is 5.12. The van der Waals surface area contributed by atoms with Gasteiger partial charge in [-0.25, -0.2) is 9.67 Å². The summed E-state index contributed by atoms with van der Waals surface area (Å²) in [5.74, 6) is 3.65. The molecule has 0 radical (unpaired) electrons. The first kappa shape index (κ1) is 15.9. The maximum absolute atomic E-state index is 5.12. The number of hydrogen-bond donors (Lipinski definition) is 1. The summed E-state index contributed by atoms with van der Waals surface area (Å²) in [7, 11) is 1.69. The highest BCUT2D eigenvalue weighted by molar-refractivity contribution is 4.97. The van der Waals surface area contributed by atoms with Gasteiger partial charge in [-0.3, -0.25) is 0 Å². The van der Waals surface area contributed by atoms with Gasteiger partial charge in [0.05, 0.1) is 6.54 Å². The van der Waals surface area contributed by atoms with Crippen LogP contribution in [0.2, 0.25) is 0 Å². The van der Waals surface area contributed by atoms with E-state index in [0.29, 0.717) is 12.6 Å². The highest BCUT2D eigenvalue weighted by Gasteiger charge is 2.24. The molecule has 1 N–H and O–H groups in total. The smallest absolute Gasteiger partial charge is 0.176 e. The van der Waals surface area contributed by atoms with E-state index < -0.39 is 0 Å². The van der Waals surface area contributed by atoms with Crippen molar-refractivity contribution >= 4 is 0 Å². The topological polar surface area (TPSA) is 52.0 Å². The summed E-state index contributed by atoms with van der Waals surface area (Å²) in [4.78, 5) is 4.54. The van der Waals surface area contributed by atoms with Crippen molar-refractivity contribution in [1.82, 2.24) is 20.1 Å². The molecule has 5 heteroatoms. The highest BCUT2D eigenvalue weighted by atomic mass is 16.5. The van der Waals surface area contributed by atoms with Crippen molar-refractivity contribution in [2.75, 3.05) is 13.7 Å². The van der Waals surface area contributed by atoms with Gasteiger partial charge in [-0.15, -0.1) is 0 Å². The van der Waals surface area contributed by atoms with Crippen molar-refractivity contribution in [3.05, 3.63) is 11.6 Å². The molecule has 3 rings (SSSR count). The number of fused-ring (bicyclic) bond motifs is 1. The van der Waals surface area contributed by atoms with Gasteiger partial charge >= 0.3 is 0 Å². The Balaban J connectivity index is 1.47. The van der Waals surface area contributed by atoms with E-state index in [9.17, 15) is 0 Å². The third kappa shape index (κ3) is 3.87. The molecule has 1 aromatic heterocycles. The molecule has 1 fully saturated rings. The second kappa shape index (κ2) is 7.55. The number of nitrogens with zero attached hydrogens (tertiary/aromatic N) is 3. The van der Waals surface area contributed by atoms with E-state index in [-0.39, 0.29) is 0 Å². The van der Waals surface area contributed by atoms with E-state index in [2.05, 4.69) is 27.0 Å². The van der Waals surface area contributed by atoms with Crippen LogP contribution < -0.4 is 5.32 Å². The lowest BCUT2D eigenvalue weighted by molar-refractivity contribution is 0.177. The lowest BCUT2D eigenvalue weighted by Crippen LogP contribution is -2.41. The minimum absolute atomic E-state index is 0.511. The molecule has 0 amide bonds. The molecule has 5 nitrogen and oxygen atoms in total. The van der Waals surface area contributed by atoms with Gasteiger partial charge in [0, 0.05) is 19.6 Å². The van der Waals surface area contributed by atoms with Crippen LogP contribution in [0.15, 0.2) is 0 Å². The molecule has 1 aromatic rings. The summed E-state index contributed by atoms with van der Waals surface area (Å²) in [5, 5.41) is 8.33. The lowest BCUT2D eigenvalue weighted by atomic mass is 9.81. The molecule has 2 aliphatic rings. The Morgan fingerprint density at radius 1 is 1.27 bits per heavy atom. The molecular formula is C17H30N4O. The minimum Gasteiger partial charge on any atom is -0.377 e. The Morgan fingerprint density at radius 3 is 2.86 bits per heavy atom. The van der Waals surface area contributed by atoms with E-state index in [0.717, 1.165) is 43.0 Å². The fourth-order valence-electron chi connectivity index (χ4n) is 3.94. The molecular weight excluding hydrogens is 276 g/mol. The fourth-order valence-corrected chi connectivity index (χ4v) is 3.94.